The number of likely N-dealkylation sites (tertiary alicyclic amines) is 1. The molecule has 7 nitrogen and oxygen atoms in total. The van der Waals surface area contributed by atoms with Crippen molar-refractivity contribution in [1.82, 2.24) is 19.7 Å². The van der Waals surface area contributed by atoms with Crippen LogP contribution in [-0.4, -0.2) is 50.8 Å². The molecule has 2 aliphatic carbocycles. The minimum Gasteiger partial charge on any atom is -0.342 e. The Kier molecular flexibility index (Phi) is 5.65. The number of thioether (sulfide) groups is 1. The SMILES string of the molecule is CSc1cc(NC(=O)c2c(C(F)(F)F)c(C3CC3)nn2CC2CCC23CN(C(C)=O)C3)ccn1. The van der Waals surface area contributed by atoms with E-state index in [1.54, 1.807) is 17.0 Å². The molecule has 3 fully saturated rings. The van der Waals surface area contributed by atoms with Crippen molar-refractivity contribution in [3.05, 3.63) is 35.3 Å². The number of nitrogens with one attached hydrogen (secondary N) is 1. The van der Waals surface area contributed by atoms with Crippen molar-refractivity contribution < 1.29 is 22.8 Å². The lowest BCUT2D eigenvalue weighted by Crippen LogP contribution is -2.66. The highest BCUT2D eigenvalue weighted by molar-refractivity contribution is 7.98. The van der Waals surface area contributed by atoms with Crippen molar-refractivity contribution in [3.63, 3.8) is 0 Å². The van der Waals surface area contributed by atoms with E-state index < -0.39 is 23.3 Å². The topological polar surface area (TPSA) is 80.1 Å². The molecule has 1 saturated heterocycles. The number of pyridine rings is 1. The zero-order valence-corrected chi connectivity index (χ0v) is 19.8. The van der Waals surface area contributed by atoms with Gasteiger partial charge < -0.3 is 10.2 Å². The molecule has 0 aromatic carbocycles. The molecule has 1 N–H and O–H groups in total. The predicted octanol–water partition coefficient (Wildman–Crippen LogP) is 4.41. The molecule has 2 saturated carbocycles. The summed E-state index contributed by atoms with van der Waals surface area (Å²) < 4.78 is 44.0. The fourth-order valence-corrected chi connectivity index (χ4v) is 5.57. The summed E-state index contributed by atoms with van der Waals surface area (Å²) in [6.45, 7) is 2.99. The van der Waals surface area contributed by atoms with Crippen LogP contribution in [0, 0.1) is 11.3 Å². The van der Waals surface area contributed by atoms with Gasteiger partial charge in [0.15, 0.2) is 0 Å². The predicted molar refractivity (Wildman–Crippen MR) is 121 cm³/mol. The summed E-state index contributed by atoms with van der Waals surface area (Å²) in [4.78, 5) is 30.8. The Hall–Kier alpha value is -2.56. The van der Waals surface area contributed by atoms with Crippen molar-refractivity contribution >= 4 is 29.3 Å². The molecule has 2 amide bonds. The lowest BCUT2D eigenvalue weighted by atomic mass is 9.55. The van der Waals surface area contributed by atoms with Gasteiger partial charge in [-0.1, -0.05) is 0 Å². The molecule has 0 radical (unpaired) electrons. The van der Waals surface area contributed by atoms with Gasteiger partial charge in [0.2, 0.25) is 5.91 Å². The fourth-order valence-electron chi connectivity index (χ4n) is 5.16. The summed E-state index contributed by atoms with van der Waals surface area (Å²) in [7, 11) is 0. The Bertz CT molecular complexity index is 1140. The van der Waals surface area contributed by atoms with E-state index in [2.05, 4.69) is 15.4 Å². The highest BCUT2D eigenvalue weighted by Crippen LogP contribution is 2.54. The van der Waals surface area contributed by atoms with Crippen LogP contribution in [0.5, 0.6) is 0 Å². The van der Waals surface area contributed by atoms with Crippen molar-refractivity contribution in [2.24, 2.45) is 11.3 Å². The Morgan fingerprint density at radius 1 is 1.26 bits per heavy atom. The van der Waals surface area contributed by atoms with Gasteiger partial charge in [0.05, 0.1) is 10.7 Å². The van der Waals surface area contributed by atoms with E-state index in [0.717, 1.165) is 12.8 Å². The van der Waals surface area contributed by atoms with Crippen molar-refractivity contribution in [1.29, 1.82) is 0 Å². The minimum atomic E-state index is -4.69. The number of hydrogen-bond donors (Lipinski definition) is 1. The average Bonchev–Trinajstić information content (AvgIpc) is 3.49. The number of amides is 2. The van der Waals surface area contributed by atoms with Gasteiger partial charge in [-0.3, -0.25) is 14.3 Å². The van der Waals surface area contributed by atoms with Crippen molar-refractivity contribution in [2.75, 3.05) is 24.7 Å². The second-order valence-electron chi connectivity index (χ2n) is 9.58. The number of rotatable bonds is 6. The molecule has 34 heavy (non-hydrogen) atoms. The molecular weight excluding hydrogens is 467 g/mol. The zero-order chi connectivity index (χ0) is 24.3. The van der Waals surface area contributed by atoms with Crippen LogP contribution in [0.15, 0.2) is 23.4 Å². The first kappa shape index (κ1) is 23.2. The number of hydrogen-bond acceptors (Lipinski definition) is 5. The molecule has 3 aliphatic rings. The number of nitrogens with zero attached hydrogens (tertiary/aromatic N) is 4. The first-order valence-electron chi connectivity index (χ1n) is 11.4. The van der Waals surface area contributed by atoms with Crippen LogP contribution >= 0.6 is 11.8 Å². The summed E-state index contributed by atoms with van der Waals surface area (Å²) >= 11 is 1.37. The zero-order valence-electron chi connectivity index (χ0n) is 19.0. The van der Waals surface area contributed by atoms with E-state index in [1.807, 2.05) is 6.26 Å². The van der Waals surface area contributed by atoms with Crippen LogP contribution < -0.4 is 5.32 Å². The molecule has 11 heteroatoms. The standard InChI is InChI=1S/C23H26F3N5O2S/c1-13(32)30-11-22(12-30)7-5-15(22)10-31-20(18(23(24,25)26)19(29-31)14-3-4-14)21(33)28-16-6-8-27-17(9-16)34-2/h6,8-9,14-15H,3-5,7,10-12H2,1-2H3,(H,27,28,33). The second kappa shape index (κ2) is 8.28. The molecule has 2 aromatic heterocycles. The maximum atomic E-state index is 14.2. The summed E-state index contributed by atoms with van der Waals surface area (Å²) in [5, 5.41) is 7.66. The monoisotopic (exact) mass is 493 g/mol. The van der Waals surface area contributed by atoms with Crippen LogP contribution in [0.25, 0.3) is 0 Å². The van der Waals surface area contributed by atoms with Crippen molar-refractivity contribution in [2.45, 2.75) is 56.3 Å². The molecule has 1 atom stereocenters. The molecule has 1 unspecified atom stereocenters. The maximum absolute atomic E-state index is 14.2. The van der Waals surface area contributed by atoms with Crippen LogP contribution in [0.3, 0.4) is 0 Å². The van der Waals surface area contributed by atoms with E-state index in [9.17, 15) is 22.8 Å². The highest BCUT2D eigenvalue weighted by atomic mass is 32.2. The van der Waals surface area contributed by atoms with E-state index in [-0.39, 0.29) is 35.4 Å². The Morgan fingerprint density at radius 2 is 2.00 bits per heavy atom. The summed E-state index contributed by atoms with van der Waals surface area (Å²) in [5.41, 5.74) is -1.07. The molecule has 5 rings (SSSR count). The molecule has 1 spiro atoms. The van der Waals surface area contributed by atoms with Gasteiger partial charge in [-0.05, 0) is 50.0 Å². The molecule has 2 aromatic rings. The van der Waals surface area contributed by atoms with Gasteiger partial charge in [-0.25, -0.2) is 4.98 Å². The van der Waals surface area contributed by atoms with E-state index in [4.69, 9.17) is 0 Å². The van der Waals surface area contributed by atoms with E-state index >= 15 is 0 Å². The first-order valence-corrected chi connectivity index (χ1v) is 12.6. The van der Waals surface area contributed by atoms with Crippen LogP contribution in [0.4, 0.5) is 18.9 Å². The Morgan fingerprint density at radius 3 is 2.56 bits per heavy atom. The van der Waals surface area contributed by atoms with Crippen molar-refractivity contribution in [3.8, 4) is 0 Å². The van der Waals surface area contributed by atoms with Gasteiger partial charge in [0, 0.05) is 49.8 Å². The van der Waals surface area contributed by atoms with E-state index in [0.29, 0.717) is 36.6 Å². The van der Waals surface area contributed by atoms with Gasteiger partial charge in [-0.2, -0.15) is 18.3 Å². The molecule has 0 bridgehead atoms. The largest absolute Gasteiger partial charge is 0.420 e. The number of carbonyl (C=O) groups is 2. The molecule has 182 valence electrons. The quantitative estimate of drug-likeness (QED) is 0.603. The van der Waals surface area contributed by atoms with Gasteiger partial charge in [0.1, 0.15) is 11.3 Å². The van der Waals surface area contributed by atoms with Gasteiger partial charge in [-0.15, -0.1) is 11.8 Å². The second-order valence-corrected chi connectivity index (χ2v) is 10.4. The van der Waals surface area contributed by atoms with Gasteiger partial charge >= 0.3 is 6.18 Å². The number of anilines is 1. The van der Waals surface area contributed by atoms with Crippen LogP contribution in [0.2, 0.25) is 0 Å². The molecule has 3 heterocycles. The lowest BCUT2D eigenvalue weighted by Gasteiger charge is -2.60. The third-order valence-electron chi connectivity index (χ3n) is 7.35. The lowest BCUT2D eigenvalue weighted by molar-refractivity contribution is -0.159. The number of alkyl halides is 3. The summed E-state index contributed by atoms with van der Waals surface area (Å²) in [5.74, 6) is -1.00. The number of aromatic nitrogens is 3. The Labute approximate surface area is 199 Å². The normalized spacial score (nSPS) is 21.2. The smallest absolute Gasteiger partial charge is 0.342 e. The first-order chi connectivity index (χ1) is 16.1. The Balaban J connectivity index is 1.48. The fraction of sp³-hybridized carbons (Fsp3) is 0.565. The van der Waals surface area contributed by atoms with Crippen LogP contribution in [0.1, 0.15) is 60.3 Å². The van der Waals surface area contributed by atoms with Gasteiger partial charge in [0.25, 0.3) is 5.91 Å². The summed E-state index contributed by atoms with van der Waals surface area (Å²) in [6, 6.07) is 3.18. The summed E-state index contributed by atoms with van der Waals surface area (Å²) in [6.07, 6.45) is 1.70. The minimum absolute atomic E-state index is 0.00720. The third-order valence-corrected chi connectivity index (χ3v) is 7.99. The van der Waals surface area contributed by atoms with E-state index in [1.165, 1.54) is 29.6 Å². The molecular formula is C23H26F3N5O2S. The number of carbonyl (C=O) groups excluding carboxylic acids is 2. The molecule has 1 aliphatic heterocycles. The maximum Gasteiger partial charge on any atom is 0.420 e. The third kappa shape index (κ3) is 4.08. The highest BCUT2D eigenvalue weighted by Gasteiger charge is 2.56. The average molecular weight is 494 g/mol. The van der Waals surface area contributed by atoms with Crippen LogP contribution in [-0.2, 0) is 17.5 Å². The number of halogens is 3.